The van der Waals surface area contributed by atoms with E-state index >= 15 is 0 Å². The summed E-state index contributed by atoms with van der Waals surface area (Å²) in [7, 11) is 4.36. The summed E-state index contributed by atoms with van der Waals surface area (Å²) in [6.07, 6.45) is 5.10. The SMILES string of the molecule is CN(C)C1(Cn2c(N)nc3ccccc32)CCCC1. The molecule has 19 heavy (non-hydrogen) atoms. The topological polar surface area (TPSA) is 47.1 Å². The maximum atomic E-state index is 6.12. The van der Waals surface area contributed by atoms with Crippen LogP contribution in [0, 0.1) is 0 Å². The number of nitrogens with two attached hydrogens (primary N) is 1. The van der Waals surface area contributed by atoms with E-state index in [1.807, 2.05) is 12.1 Å². The molecule has 4 nitrogen and oxygen atoms in total. The van der Waals surface area contributed by atoms with Crippen LogP contribution < -0.4 is 5.73 Å². The second kappa shape index (κ2) is 4.53. The van der Waals surface area contributed by atoms with Crippen molar-refractivity contribution in [2.45, 2.75) is 37.8 Å². The number of hydrogen-bond acceptors (Lipinski definition) is 3. The van der Waals surface area contributed by atoms with Gasteiger partial charge in [-0.1, -0.05) is 25.0 Å². The molecule has 1 aliphatic carbocycles. The van der Waals surface area contributed by atoms with Gasteiger partial charge in [0, 0.05) is 12.1 Å². The highest BCUT2D eigenvalue weighted by Gasteiger charge is 2.37. The Morgan fingerprint density at radius 1 is 1.26 bits per heavy atom. The largest absolute Gasteiger partial charge is 0.369 e. The molecular formula is C15H22N4. The second-order valence-electron chi connectivity index (χ2n) is 5.87. The quantitative estimate of drug-likeness (QED) is 0.920. The number of hydrogen-bond donors (Lipinski definition) is 1. The molecule has 0 atom stereocenters. The van der Waals surface area contributed by atoms with Gasteiger partial charge in [-0.2, -0.15) is 0 Å². The van der Waals surface area contributed by atoms with Crippen molar-refractivity contribution in [3.63, 3.8) is 0 Å². The lowest BCUT2D eigenvalue weighted by atomic mass is 9.96. The predicted octanol–water partition coefficient (Wildman–Crippen LogP) is 2.49. The highest BCUT2D eigenvalue weighted by Crippen LogP contribution is 2.36. The molecule has 1 fully saturated rings. The number of nitrogen functional groups attached to an aromatic ring is 1. The van der Waals surface area contributed by atoms with Gasteiger partial charge in [0.15, 0.2) is 0 Å². The summed E-state index contributed by atoms with van der Waals surface area (Å²) in [6, 6.07) is 8.20. The summed E-state index contributed by atoms with van der Waals surface area (Å²) in [4.78, 5) is 6.84. The number of benzene rings is 1. The van der Waals surface area contributed by atoms with Crippen LogP contribution in [-0.2, 0) is 6.54 Å². The molecule has 0 spiro atoms. The van der Waals surface area contributed by atoms with Crippen molar-refractivity contribution in [2.75, 3.05) is 19.8 Å². The predicted molar refractivity (Wildman–Crippen MR) is 79.0 cm³/mol. The van der Waals surface area contributed by atoms with Gasteiger partial charge in [0.2, 0.25) is 5.95 Å². The zero-order chi connectivity index (χ0) is 13.5. The highest BCUT2D eigenvalue weighted by atomic mass is 15.2. The minimum Gasteiger partial charge on any atom is -0.369 e. The van der Waals surface area contributed by atoms with E-state index in [2.05, 4.69) is 40.7 Å². The van der Waals surface area contributed by atoms with Crippen LogP contribution in [0.1, 0.15) is 25.7 Å². The Labute approximate surface area is 114 Å². The molecule has 102 valence electrons. The molecule has 2 aromatic rings. The first-order valence-electron chi connectivity index (χ1n) is 7.01. The van der Waals surface area contributed by atoms with E-state index in [9.17, 15) is 0 Å². The van der Waals surface area contributed by atoms with E-state index in [1.54, 1.807) is 0 Å². The zero-order valence-corrected chi connectivity index (χ0v) is 11.8. The number of anilines is 1. The van der Waals surface area contributed by atoms with E-state index in [0.717, 1.165) is 17.6 Å². The number of imidazole rings is 1. The van der Waals surface area contributed by atoms with Crippen LogP contribution in [0.15, 0.2) is 24.3 Å². The summed E-state index contributed by atoms with van der Waals surface area (Å²) in [5, 5.41) is 0. The number of fused-ring (bicyclic) bond motifs is 1. The van der Waals surface area contributed by atoms with Crippen LogP contribution in [0.3, 0.4) is 0 Å². The molecule has 1 saturated carbocycles. The summed E-state index contributed by atoms with van der Waals surface area (Å²) >= 11 is 0. The normalized spacial score (nSPS) is 18.5. The highest BCUT2D eigenvalue weighted by molar-refractivity contribution is 5.78. The van der Waals surface area contributed by atoms with Crippen molar-refractivity contribution < 1.29 is 0 Å². The van der Waals surface area contributed by atoms with E-state index in [0.29, 0.717) is 5.95 Å². The third-order valence-electron chi connectivity index (χ3n) is 4.62. The van der Waals surface area contributed by atoms with Gasteiger partial charge in [0.1, 0.15) is 0 Å². The van der Waals surface area contributed by atoms with Crippen molar-refractivity contribution in [1.82, 2.24) is 14.5 Å². The minimum atomic E-state index is 0.234. The molecule has 0 amide bonds. The second-order valence-corrected chi connectivity index (χ2v) is 5.87. The minimum absolute atomic E-state index is 0.234. The lowest BCUT2D eigenvalue weighted by Crippen LogP contribution is -2.45. The fraction of sp³-hybridized carbons (Fsp3) is 0.533. The van der Waals surface area contributed by atoms with Crippen LogP contribution in [0.4, 0.5) is 5.95 Å². The summed E-state index contributed by atoms with van der Waals surface area (Å²) in [5.41, 5.74) is 8.50. The van der Waals surface area contributed by atoms with Gasteiger partial charge in [-0.05, 0) is 39.1 Å². The third-order valence-corrected chi connectivity index (χ3v) is 4.62. The Bertz CT molecular complexity index is 579. The first kappa shape index (κ1) is 12.5. The number of aromatic nitrogens is 2. The fourth-order valence-electron chi connectivity index (χ4n) is 3.33. The van der Waals surface area contributed by atoms with Crippen molar-refractivity contribution in [1.29, 1.82) is 0 Å². The fourth-order valence-corrected chi connectivity index (χ4v) is 3.33. The van der Waals surface area contributed by atoms with Gasteiger partial charge in [-0.3, -0.25) is 0 Å². The van der Waals surface area contributed by atoms with E-state index in [4.69, 9.17) is 5.73 Å². The van der Waals surface area contributed by atoms with Crippen LogP contribution in [-0.4, -0.2) is 34.1 Å². The molecule has 0 radical (unpaired) electrons. The number of nitrogens with zero attached hydrogens (tertiary/aromatic N) is 3. The Morgan fingerprint density at radius 2 is 1.95 bits per heavy atom. The first-order valence-corrected chi connectivity index (χ1v) is 7.01. The Hall–Kier alpha value is -1.55. The maximum absolute atomic E-state index is 6.12. The molecule has 1 aromatic carbocycles. The van der Waals surface area contributed by atoms with Gasteiger partial charge < -0.3 is 15.2 Å². The summed E-state index contributed by atoms with van der Waals surface area (Å²) < 4.78 is 2.18. The molecule has 2 N–H and O–H groups in total. The molecular weight excluding hydrogens is 236 g/mol. The summed E-state index contributed by atoms with van der Waals surface area (Å²) in [5.74, 6) is 0.634. The molecule has 1 aliphatic rings. The smallest absolute Gasteiger partial charge is 0.201 e. The van der Waals surface area contributed by atoms with Gasteiger partial charge in [-0.25, -0.2) is 4.98 Å². The lowest BCUT2D eigenvalue weighted by molar-refractivity contribution is 0.136. The van der Waals surface area contributed by atoms with E-state index < -0.39 is 0 Å². The molecule has 0 unspecified atom stereocenters. The average Bonchev–Trinajstić information content (AvgIpc) is 2.97. The molecule has 1 heterocycles. The number of rotatable bonds is 3. The van der Waals surface area contributed by atoms with Gasteiger partial charge in [0.25, 0.3) is 0 Å². The monoisotopic (exact) mass is 258 g/mol. The van der Waals surface area contributed by atoms with Crippen LogP contribution in [0.25, 0.3) is 11.0 Å². The molecule has 3 rings (SSSR count). The van der Waals surface area contributed by atoms with Crippen molar-refractivity contribution in [2.24, 2.45) is 0 Å². The van der Waals surface area contributed by atoms with Gasteiger partial charge in [0.05, 0.1) is 11.0 Å². The molecule has 4 heteroatoms. The van der Waals surface area contributed by atoms with E-state index in [-0.39, 0.29) is 5.54 Å². The third kappa shape index (κ3) is 2.00. The van der Waals surface area contributed by atoms with Crippen LogP contribution >= 0.6 is 0 Å². The molecule has 0 aliphatic heterocycles. The standard InChI is InChI=1S/C15H22N4/c1-18(2)15(9-5-6-10-15)11-19-13-8-4-3-7-12(13)17-14(19)16/h3-4,7-8H,5-6,9-11H2,1-2H3,(H2,16,17). The van der Waals surface area contributed by atoms with Crippen molar-refractivity contribution in [3.8, 4) is 0 Å². The maximum Gasteiger partial charge on any atom is 0.201 e. The summed E-state index contributed by atoms with van der Waals surface area (Å²) in [6.45, 7) is 0.937. The molecule has 0 bridgehead atoms. The lowest BCUT2D eigenvalue weighted by Gasteiger charge is -2.37. The van der Waals surface area contributed by atoms with Gasteiger partial charge >= 0.3 is 0 Å². The van der Waals surface area contributed by atoms with Crippen LogP contribution in [0.5, 0.6) is 0 Å². The first-order chi connectivity index (χ1) is 9.12. The average molecular weight is 258 g/mol. The number of para-hydroxylation sites is 2. The van der Waals surface area contributed by atoms with E-state index in [1.165, 1.54) is 25.7 Å². The molecule has 1 aromatic heterocycles. The zero-order valence-electron chi connectivity index (χ0n) is 11.8. The Balaban J connectivity index is 2.03. The Kier molecular flexibility index (Phi) is 2.97. The van der Waals surface area contributed by atoms with Crippen LogP contribution in [0.2, 0.25) is 0 Å². The van der Waals surface area contributed by atoms with Crippen molar-refractivity contribution in [3.05, 3.63) is 24.3 Å². The van der Waals surface area contributed by atoms with Crippen molar-refractivity contribution >= 4 is 17.0 Å². The Morgan fingerprint density at radius 3 is 2.63 bits per heavy atom. The van der Waals surface area contributed by atoms with Gasteiger partial charge in [-0.15, -0.1) is 0 Å². The molecule has 0 saturated heterocycles. The number of likely N-dealkylation sites (N-methyl/N-ethyl adjacent to an activating group) is 1.